The third kappa shape index (κ3) is 14.2. The summed E-state index contributed by atoms with van der Waals surface area (Å²) in [4.78, 5) is 23.7. The second-order valence-corrected chi connectivity index (χ2v) is 5.95. The maximum atomic E-state index is 11.6. The van der Waals surface area contributed by atoms with Crippen LogP contribution in [0.4, 0.5) is 0 Å². The van der Waals surface area contributed by atoms with Crippen molar-refractivity contribution in [1.82, 2.24) is 4.90 Å². The Morgan fingerprint density at radius 3 is 2.30 bits per heavy atom. The highest BCUT2D eigenvalue weighted by atomic mass is 16.5. The van der Waals surface area contributed by atoms with Crippen molar-refractivity contribution in [2.45, 2.75) is 71.3 Å². The lowest BCUT2D eigenvalue weighted by Crippen LogP contribution is -2.31. The molecular weight excluding hydrogens is 298 g/mol. The molecule has 1 amide bonds. The van der Waals surface area contributed by atoms with E-state index in [9.17, 15) is 14.7 Å². The minimum absolute atomic E-state index is 0.0388. The molecule has 0 bridgehead atoms. The zero-order valence-electron chi connectivity index (χ0n) is 14.6. The Hall–Kier alpha value is -1.14. The van der Waals surface area contributed by atoms with Gasteiger partial charge in [0.15, 0.2) is 0 Å². The van der Waals surface area contributed by atoms with Crippen LogP contribution in [-0.2, 0) is 14.3 Å². The van der Waals surface area contributed by atoms with Gasteiger partial charge in [-0.15, -0.1) is 0 Å². The average Bonchev–Trinajstić information content (AvgIpc) is 2.48. The molecule has 0 radical (unpaired) electrons. The molecule has 0 aliphatic carbocycles. The molecule has 0 saturated heterocycles. The number of unbranched alkanes of at least 4 members (excludes halogenated alkanes) is 3. The van der Waals surface area contributed by atoms with E-state index in [2.05, 4.69) is 6.92 Å². The normalized spacial score (nSPS) is 12.1. The Morgan fingerprint density at radius 2 is 1.70 bits per heavy atom. The Labute approximate surface area is 139 Å². The van der Waals surface area contributed by atoms with Crippen LogP contribution in [0.5, 0.6) is 0 Å². The van der Waals surface area contributed by atoms with E-state index < -0.39 is 5.97 Å². The van der Waals surface area contributed by atoms with Crippen LogP contribution in [0.1, 0.15) is 65.2 Å². The third-order valence-corrected chi connectivity index (χ3v) is 3.74. The number of rotatable bonds is 15. The van der Waals surface area contributed by atoms with Gasteiger partial charge in [-0.3, -0.25) is 4.79 Å². The fourth-order valence-corrected chi connectivity index (χ4v) is 2.39. The Bertz CT molecular complexity index is 322. The van der Waals surface area contributed by atoms with Crippen LogP contribution >= 0.6 is 0 Å². The SMILES string of the molecule is CCCCCC(O)CCCN(CCCCOCC(=O)O)C(C)=O. The number of hydrogen-bond acceptors (Lipinski definition) is 4. The van der Waals surface area contributed by atoms with Gasteiger partial charge in [0.2, 0.25) is 5.91 Å². The molecule has 0 aliphatic heterocycles. The highest BCUT2D eigenvalue weighted by Crippen LogP contribution is 2.09. The van der Waals surface area contributed by atoms with Gasteiger partial charge in [0.25, 0.3) is 0 Å². The van der Waals surface area contributed by atoms with Crippen molar-refractivity contribution in [2.75, 3.05) is 26.3 Å². The summed E-state index contributed by atoms with van der Waals surface area (Å²) in [7, 11) is 0. The van der Waals surface area contributed by atoms with Crippen molar-refractivity contribution in [1.29, 1.82) is 0 Å². The fraction of sp³-hybridized carbons (Fsp3) is 0.882. The van der Waals surface area contributed by atoms with E-state index in [1.165, 1.54) is 0 Å². The molecule has 6 nitrogen and oxygen atoms in total. The highest BCUT2D eigenvalue weighted by molar-refractivity contribution is 5.73. The lowest BCUT2D eigenvalue weighted by atomic mass is 10.1. The molecule has 6 heteroatoms. The molecule has 0 saturated carbocycles. The molecule has 0 aromatic rings. The van der Waals surface area contributed by atoms with E-state index in [0.717, 1.165) is 51.4 Å². The standard InChI is InChI=1S/C17H33NO5/c1-3-4-5-9-16(20)10-8-12-18(15(2)19)11-6-7-13-23-14-17(21)22/h16,20H,3-14H2,1-2H3,(H,21,22). The maximum Gasteiger partial charge on any atom is 0.329 e. The highest BCUT2D eigenvalue weighted by Gasteiger charge is 2.10. The van der Waals surface area contributed by atoms with Gasteiger partial charge >= 0.3 is 5.97 Å². The first kappa shape index (κ1) is 21.9. The first-order valence-corrected chi connectivity index (χ1v) is 8.70. The summed E-state index contributed by atoms with van der Waals surface area (Å²) in [5.41, 5.74) is 0. The van der Waals surface area contributed by atoms with Gasteiger partial charge in [0, 0.05) is 26.6 Å². The molecule has 1 unspecified atom stereocenters. The smallest absolute Gasteiger partial charge is 0.329 e. The molecule has 0 aromatic heterocycles. The molecule has 0 rings (SSSR count). The van der Waals surface area contributed by atoms with Crippen LogP contribution in [0, 0.1) is 0 Å². The van der Waals surface area contributed by atoms with Crippen molar-refractivity contribution < 1.29 is 24.5 Å². The number of carbonyl (C=O) groups excluding carboxylic acids is 1. The van der Waals surface area contributed by atoms with Crippen LogP contribution in [0.3, 0.4) is 0 Å². The van der Waals surface area contributed by atoms with Gasteiger partial charge in [-0.2, -0.15) is 0 Å². The Morgan fingerprint density at radius 1 is 1.04 bits per heavy atom. The molecule has 0 spiro atoms. The summed E-state index contributed by atoms with van der Waals surface area (Å²) < 4.78 is 4.96. The van der Waals surface area contributed by atoms with Gasteiger partial charge < -0.3 is 19.8 Å². The number of nitrogens with zero attached hydrogens (tertiary/aromatic N) is 1. The van der Waals surface area contributed by atoms with E-state index in [1.807, 2.05) is 0 Å². The van der Waals surface area contributed by atoms with Crippen molar-refractivity contribution in [3.05, 3.63) is 0 Å². The summed E-state index contributed by atoms with van der Waals surface area (Å²) in [6.07, 6.45) is 7.01. The zero-order chi connectivity index (χ0) is 17.5. The number of hydrogen-bond donors (Lipinski definition) is 2. The molecule has 2 N–H and O–H groups in total. The molecule has 23 heavy (non-hydrogen) atoms. The summed E-state index contributed by atoms with van der Waals surface area (Å²) >= 11 is 0. The second-order valence-electron chi connectivity index (χ2n) is 5.95. The second kappa shape index (κ2) is 14.5. The number of carbonyl (C=O) groups is 2. The molecule has 136 valence electrons. The number of carboxylic acid groups (broad SMARTS) is 1. The number of amides is 1. The Kier molecular flexibility index (Phi) is 13.7. The first-order chi connectivity index (χ1) is 11.0. The van der Waals surface area contributed by atoms with Gasteiger partial charge in [-0.25, -0.2) is 4.79 Å². The van der Waals surface area contributed by atoms with Crippen LogP contribution in [-0.4, -0.2) is 59.4 Å². The van der Waals surface area contributed by atoms with Crippen molar-refractivity contribution in [3.63, 3.8) is 0 Å². The molecular formula is C17H33NO5. The lowest BCUT2D eigenvalue weighted by molar-refractivity contribution is -0.142. The van der Waals surface area contributed by atoms with E-state index in [1.54, 1.807) is 11.8 Å². The van der Waals surface area contributed by atoms with E-state index in [0.29, 0.717) is 19.7 Å². The first-order valence-electron chi connectivity index (χ1n) is 8.70. The summed E-state index contributed by atoms with van der Waals surface area (Å²) in [6.45, 7) is 5.14. The molecule has 0 fully saturated rings. The molecule has 0 aliphatic rings. The number of aliphatic carboxylic acids is 1. The maximum absolute atomic E-state index is 11.6. The molecule has 0 aromatic carbocycles. The third-order valence-electron chi connectivity index (χ3n) is 3.74. The van der Waals surface area contributed by atoms with Gasteiger partial charge in [-0.05, 0) is 32.1 Å². The number of carboxylic acids is 1. The van der Waals surface area contributed by atoms with Gasteiger partial charge in [-0.1, -0.05) is 26.2 Å². The number of aliphatic hydroxyl groups excluding tert-OH is 1. The monoisotopic (exact) mass is 331 g/mol. The summed E-state index contributed by atoms with van der Waals surface area (Å²) in [5.74, 6) is -0.926. The topological polar surface area (TPSA) is 87.1 Å². The van der Waals surface area contributed by atoms with Crippen molar-refractivity contribution in [2.24, 2.45) is 0 Å². The summed E-state index contributed by atoms with van der Waals surface area (Å²) in [6, 6.07) is 0. The van der Waals surface area contributed by atoms with Gasteiger partial charge in [0.1, 0.15) is 6.61 Å². The molecule has 1 atom stereocenters. The van der Waals surface area contributed by atoms with Crippen molar-refractivity contribution in [3.8, 4) is 0 Å². The van der Waals surface area contributed by atoms with E-state index in [4.69, 9.17) is 9.84 Å². The fourth-order valence-electron chi connectivity index (χ4n) is 2.39. The predicted molar refractivity (Wildman–Crippen MR) is 89.3 cm³/mol. The Balaban J connectivity index is 3.73. The van der Waals surface area contributed by atoms with Crippen molar-refractivity contribution >= 4 is 11.9 Å². The van der Waals surface area contributed by atoms with E-state index in [-0.39, 0.29) is 18.6 Å². The minimum Gasteiger partial charge on any atom is -0.480 e. The number of ether oxygens (including phenoxy) is 1. The summed E-state index contributed by atoms with van der Waals surface area (Å²) in [5, 5.41) is 18.3. The minimum atomic E-state index is -0.965. The van der Waals surface area contributed by atoms with Crippen LogP contribution in [0.2, 0.25) is 0 Å². The largest absolute Gasteiger partial charge is 0.480 e. The van der Waals surface area contributed by atoms with Crippen LogP contribution in [0.15, 0.2) is 0 Å². The zero-order valence-corrected chi connectivity index (χ0v) is 14.6. The van der Waals surface area contributed by atoms with Crippen LogP contribution < -0.4 is 0 Å². The average molecular weight is 331 g/mol. The van der Waals surface area contributed by atoms with E-state index >= 15 is 0 Å². The lowest BCUT2D eigenvalue weighted by Gasteiger charge is -2.21. The number of aliphatic hydroxyl groups is 1. The predicted octanol–water partition coefficient (Wildman–Crippen LogP) is 2.44. The quantitative estimate of drug-likeness (QED) is 0.450. The van der Waals surface area contributed by atoms with Crippen LogP contribution in [0.25, 0.3) is 0 Å². The van der Waals surface area contributed by atoms with Gasteiger partial charge in [0.05, 0.1) is 6.10 Å². The molecule has 0 heterocycles.